The van der Waals surface area contributed by atoms with Crippen molar-refractivity contribution in [2.45, 2.75) is 44.7 Å². The van der Waals surface area contributed by atoms with Gasteiger partial charge >= 0.3 is 0 Å². The lowest BCUT2D eigenvalue weighted by Crippen LogP contribution is -2.22. The van der Waals surface area contributed by atoms with Gasteiger partial charge < -0.3 is 28.8 Å². The van der Waals surface area contributed by atoms with Crippen molar-refractivity contribution in [1.82, 2.24) is 24.3 Å². The molecule has 10 nitrogen and oxygen atoms in total. The number of aromatic nitrogens is 5. The summed E-state index contributed by atoms with van der Waals surface area (Å²) in [6.07, 6.45) is 7.54. The summed E-state index contributed by atoms with van der Waals surface area (Å²) in [5.74, 6) is 2.44. The lowest BCUT2D eigenvalue weighted by Gasteiger charge is -2.20. The zero-order valence-corrected chi connectivity index (χ0v) is 28.2. The van der Waals surface area contributed by atoms with Crippen LogP contribution in [0.15, 0.2) is 104 Å². The van der Waals surface area contributed by atoms with Gasteiger partial charge in [-0.1, -0.05) is 60.7 Å². The van der Waals surface area contributed by atoms with E-state index in [1.807, 2.05) is 66.5 Å². The summed E-state index contributed by atoms with van der Waals surface area (Å²) in [5, 5.41) is 9.28. The zero-order valence-electron chi connectivity index (χ0n) is 28.2. The molecule has 6 aromatic rings. The van der Waals surface area contributed by atoms with Crippen molar-refractivity contribution in [3.63, 3.8) is 0 Å². The van der Waals surface area contributed by atoms with E-state index in [0.29, 0.717) is 26.4 Å². The lowest BCUT2D eigenvalue weighted by molar-refractivity contribution is -0.0190. The highest BCUT2D eigenvalue weighted by molar-refractivity contribution is 6.00. The summed E-state index contributed by atoms with van der Waals surface area (Å²) in [6.45, 7) is 2.25. The molecule has 1 saturated carbocycles. The number of nitrogens with one attached hydrogen (secondary N) is 1. The molecular weight excluding hydrogens is 616 g/mol. The third-order valence-electron chi connectivity index (χ3n) is 9.29. The molecule has 0 unspecified atom stereocenters. The molecule has 0 bridgehead atoms. The Kier molecular flexibility index (Phi) is 9.86. The van der Waals surface area contributed by atoms with Crippen LogP contribution in [0.25, 0.3) is 22.3 Å². The quantitative estimate of drug-likeness (QED) is 0.131. The Hall–Kier alpha value is -5.19. The second-order valence-corrected chi connectivity index (χ2v) is 12.5. The van der Waals surface area contributed by atoms with Crippen molar-refractivity contribution < 1.29 is 18.9 Å². The number of anilines is 1. The first kappa shape index (κ1) is 32.4. The lowest BCUT2D eigenvalue weighted by atomic mass is 10.1. The molecule has 49 heavy (non-hydrogen) atoms. The van der Waals surface area contributed by atoms with Gasteiger partial charge in [0.1, 0.15) is 29.3 Å². The van der Waals surface area contributed by atoms with Crippen LogP contribution in [0.4, 0.5) is 5.82 Å². The monoisotopic (exact) mass is 658 g/mol. The van der Waals surface area contributed by atoms with Crippen LogP contribution < -0.4 is 14.8 Å². The molecular formula is C39H42N6O4. The average Bonchev–Trinajstić information content (AvgIpc) is 3.87. The first-order chi connectivity index (χ1) is 24.1. The minimum Gasteiger partial charge on any atom is -0.497 e. The Balaban J connectivity index is 1.19. The Bertz CT molecular complexity index is 1980. The second kappa shape index (κ2) is 14.9. The standard InChI is InChI=1S/C39H42N6O4/c1-44-17-16-34(43-44)33-22-45(39-37(33)38(41-26-42-39)40-21-29-14-15-32(46-2)20-35(29)47-3)31-18-30(25-48-23-27-10-6-4-7-11-27)36(19-31)49-24-28-12-8-5-9-13-28/h4-17,20,22,26,30-31,36H,18-19,21,23-25H2,1-3H3,(H,40,41,42)/t30-,31-,36+/m1/s1. The van der Waals surface area contributed by atoms with Gasteiger partial charge in [-0.3, -0.25) is 4.68 Å². The van der Waals surface area contributed by atoms with Crippen LogP contribution >= 0.6 is 0 Å². The van der Waals surface area contributed by atoms with E-state index in [0.717, 1.165) is 63.6 Å². The summed E-state index contributed by atoms with van der Waals surface area (Å²) in [7, 11) is 5.24. The third-order valence-corrected chi connectivity index (χ3v) is 9.29. The highest BCUT2D eigenvalue weighted by Gasteiger charge is 2.37. The van der Waals surface area contributed by atoms with Crippen LogP contribution in [0, 0.1) is 5.92 Å². The molecule has 0 amide bonds. The average molecular weight is 659 g/mol. The summed E-state index contributed by atoms with van der Waals surface area (Å²) in [4.78, 5) is 9.59. The van der Waals surface area contributed by atoms with Crippen LogP contribution in [0.1, 0.15) is 35.6 Å². The van der Waals surface area contributed by atoms with Crippen molar-refractivity contribution in [2.75, 3.05) is 26.1 Å². The van der Waals surface area contributed by atoms with Gasteiger partial charge in [0.2, 0.25) is 0 Å². The maximum Gasteiger partial charge on any atom is 0.146 e. The minimum atomic E-state index is 0.0266. The molecule has 1 N–H and O–H groups in total. The van der Waals surface area contributed by atoms with Gasteiger partial charge in [0, 0.05) is 55.1 Å². The van der Waals surface area contributed by atoms with Crippen molar-refractivity contribution in [1.29, 1.82) is 0 Å². The van der Waals surface area contributed by atoms with Crippen LogP contribution in [0.3, 0.4) is 0 Å². The first-order valence-electron chi connectivity index (χ1n) is 16.7. The van der Waals surface area contributed by atoms with E-state index in [4.69, 9.17) is 34.0 Å². The molecule has 3 aromatic carbocycles. The topological polar surface area (TPSA) is 97.5 Å². The largest absolute Gasteiger partial charge is 0.497 e. The van der Waals surface area contributed by atoms with Crippen molar-refractivity contribution in [3.05, 3.63) is 120 Å². The molecule has 1 aliphatic carbocycles. The fraction of sp³-hybridized carbons (Fsp3) is 0.308. The Morgan fingerprint density at radius 2 is 1.63 bits per heavy atom. The predicted molar refractivity (Wildman–Crippen MR) is 189 cm³/mol. The van der Waals surface area contributed by atoms with Crippen LogP contribution in [0.2, 0.25) is 0 Å². The number of hydrogen-bond donors (Lipinski definition) is 1. The number of benzene rings is 3. The SMILES string of the molecule is COc1ccc(CNc2ncnc3c2c(-c2ccn(C)n2)cn3[C@@H]2C[C@H](COCc3ccccc3)[C@@H](OCc3ccccc3)C2)c(OC)c1. The van der Waals surface area contributed by atoms with E-state index in [1.165, 1.54) is 5.56 Å². The number of rotatable bonds is 14. The fourth-order valence-corrected chi connectivity index (χ4v) is 6.77. The van der Waals surface area contributed by atoms with Gasteiger partial charge in [-0.2, -0.15) is 5.10 Å². The number of ether oxygens (including phenoxy) is 4. The van der Waals surface area contributed by atoms with E-state index < -0.39 is 0 Å². The maximum absolute atomic E-state index is 6.64. The molecule has 3 aromatic heterocycles. The van der Waals surface area contributed by atoms with Gasteiger partial charge in [-0.25, -0.2) is 9.97 Å². The maximum atomic E-state index is 6.64. The van der Waals surface area contributed by atoms with Gasteiger partial charge in [0.05, 0.1) is 51.2 Å². The fourth-order valence-electron chi connectivity index (χ4n) is 6.77. The molecule has 3 heterocycles. The van der Waals surface area contributed by atoms with Crippen LogP contribution in [-0.2, 0) is 36.3 Å². The molecule has 7 rings (SSSR count). The molecule has 0 saturated heterocycles. The smallest absolute Gasteiger partial charge is 0.146 e. The number of nitrogens with zero attached hydrogens (tertiary/aromatic N) is 5. The van der Waals surface area contributed by atoms with Crippen LogP contribution in [0.5, 0.6) is 11.5 Å². The van der Waals surface area contributed by atoms with E-state index in [2.05, 4.69) is 52.5 Å². The van der Waals surface area contributed by atoms with Crippen molar-refractivity contribution in [3.8, 4) is 22.8 Å². The zero-order chi connectivity index (χ0) is 33.6. The second-order valence-electron chi connectivity index (χ2n) is 12.5. The third kappa shape index (κ3) is 7.30. The van der Waals surface area contributed by atoms with E-state index in [1.54, 1.807) is 20.5 Å². The van der Waals surface area contributed by atoms with E-state index in [9.17, 15) is 0 Å². The van der Waals surface area contributed by atoms with Crippen molar-refractivity contribution in [2.24, 2.45) is 13.0 Å². The molecule has 10 heteroatoms. The minimum absolute atomic E-state index is 0.0266. The molecule has 1 aliphatic rings. The Morgan fingerprint density at radius 1 is 0.857 bits per heavy atom. The molecule has 0 aliphatic heterocycles. The van der Waals surface area contributed by atoms with Gasteiger partial charge in [0.25, 0.3) is 0 Å². The van der Waals surface area contributed by atoms with Gasteiger partial charge in [-0.15, -0.1) is 0 Å². The van der Waals surface area contributed by atoms with E-state index in [-0.39, 0.29) is 18.1 Å². The molecule has 0 spiro atoms. The van der Waals surface area contributed by atoms with Gasteiger partial charge in [0.15, 0.2) is 0 Å². The Labute approximate surface area is 286 Å². The molecule has 1 fully saturated rings. The van der Waals surface area contributed by atoms with Crippen molar-refractivity contribution >= 4 is 16.9 Å². The predicted octanol–water partition coefficient (Wildman–Crippen LogP) is 7.21. The number of aryl methyl sites for hydroxylation is 1. The Morgan fingerprint density at radius 3 is 2.35 bits per heavy atom. The molecule has 3 atom stereocenters. The summed E-state index contributed by atoms with van der Waals surface area (Å²) in [5.41, 5.74) is 6.02. The summed E-state index contributed by atoms with van der Waals surface area (Å²) in [6, 6.07) is 28.7. The molecule has 0 radical (unpaired) electrons. The number of methoxy groups -OCH3 is 2. The highest BCUT2D eigenvalue weighted by Crippen LogP contribution is 2.42. The highest BCUT2D eigenvalue weighted by atomic mass is 16.5. The van der Waals surface area contributed by atoms with Gasteiger partial charge in [-0.05, 0) is 42.2 Å². The first-order valence-corrected chi connectivity index (χ1v) is 16.7. The van der Waals surface area contributed by atoms with Crippen LogP contribution in [-0.4, -0.2) is 51.2 Å². The number of fused-ring (bicyclic) bond motifs is 1. The van der Waals surface area contributed by atoms with E-state index >= 15 is 0 Å². The summed E-state index contributed by atoms with van der Waals surface area (Å²) >= 11 is 0. The summed E-state index contributed by atoms with van der Waals surface area (Å²) < 4.78 is 28.1. The molecule has 252 valence electrons. The normalized spacial score (nSPS) is 17.4. The number of hydrogen-bond acceptors (Lipinski definition) is 8.